The van der Waals surface area contributed by atoms with Gasteiger partial charge in [0.2, 0.25) is 5.91 Å². The number of nitrogens with one attached hydrogen (secondary N) is 2. The molecule has 0 saturated heterocycles. The molecule has 0 unspecified atom stereocenters. The Morgan fingerprint density at radius 3 is 2.68 bits per heavy atom. The number of pyridine rings is 1. The minimum Gasteiger partial charge on any atom is -0.444 e. The number of hydrogen-bond donors (Lipinski definition) is 3. The van der Waals surface area contributed by atoms with Crippen LogP contribution in [0.2, 0.25) is 0 Å². The fourth-order valence-electron chi connectivity index (χ4n) is 4.17. The van der Waals surface area contributed by atoms with Crippen LogP contribution in [0, 0.1) is 5.82 Å². The van der Waals surface area contributed by atoms with Crippen molar-refractivity contribution in [1.29, 1.82) is 0 Å². The van der Waals surface area contributed by atoms with Crippen molar-refractivity contribution in [3.8, 4) is 10.7 Å². The van der Waals surface area contributed by atoms with E-state index in [-0.39, 0.29) is 18.2 Å². The first-order valence-electron chi connectivity index (χ1n) is 11.9. The van der Waals surface area contributed by atoms with E-state index in [1.54, 1.807) is 45.3 Å². The largest absolute Gasteiger partial charge is 0.444 e. The molecule has 10 nitrogen and oxygen atoms in total. The van der Waals surface area contributed by atoms with Crippen molar-refractivity contribution in [3.63, 3.8) is 0 Å². The van der Waals surface area contributed by atoms with E-state index < -0.39 is 29.6 Å². The maximum absolute atomic E-state index is 14.8. The summed E-state index contributed by atoms with van der Waals surface area (Å²) in [6.07, 6.45) is 5.35. The molecule has 0 aliphatic heterocycles. The molecule has 2 amide bonds. The van der Waals surface area contributed by atoms with Crippen LogP contribution in [0.25, 0.3) is 10.7 Å². The molecule has 4 rings (SSSR count). The second-order valence-electron chi connectivity index (χ2n) is 9.94. The highest BCUT2D eigenvalue weighted by Crippen LogP contribution is 2.47. The summed E-state index contributed by atoms with van der Waals surface area (Å²) in [4.78, 5) is 33.4. The molecule has 1 aliphatic carbocycles. The van der Waals surface area contributed by atoms with Gasteiger partial charge in [-0.2, -0.15) is 0 Å². The molecule has 0 aromatic carbocycles. The van der Waals surface area contributed by atoms with Crippen LogP contribution in [0.4, 0.5) is 15.0 Å². The van der Waals surface area contributed by atoms with Crippen LogP contribution < -0.4 is 10.6 Å². The van der Waals surface area contributed by atoms with Crippen molar-refractivity contribution in [2.45, 2.75) is 64.0 Å². The number of anilines is 1. The highest BCUT2D eigenvalue weighted by Gasteiger charge is 2.42. The summed E-state index contributed by atoms with van der Waals surface area (Å²) in [5.74, 6) is -0.615. The van der Waals surface area contributed by atoms with Crippen molar-refractivity contribution >= 4 is 29.2 Å². The minimum absolute atomic E-state index is 0.220. The number of nitrogens with zero attached hydrogens (tertiary/aromatic N) is 4. The fourth-order valence-corrected chi connectivity index (χ4v) is 4.97. The number of thiazole rings is 1. The van der Waals surface area contributed by atoms with E-state index in [4.69, 9.17) is 9.84 Å². The second kappa shape index (κ2) is 10.9. The van der Waals surface area contributed by atoms with Gasteiger partial charge in [0.05, 0.1) is 12.2 Å². The van der Waals surface area contributed by atoms with Gasteiger partial charge < -0.3 is 15.2 Å². The number of aliphatic hydroxyl groups excluding tert-OH is 1. The van der Waals surface area contributed by atoms with Crippen LogP contribution in [0.5, 0.6) is 0 Å². The number of hydrogen-bond acceptors (Lipinski definition) is 9. The van der Waals surface area contributed by atoms with Gasteiger partial charge in [-0.25, -0.2) is 14.2 Å². The molecule has 3 N–H and O–H groups in total. The highest BCUT2D eigenvalue weighted by molar-refractivity contribution is 7.15. The lowest BCUT2D eigenvalue weighted by Crippen LogP contribution is -2.39. The molecular weight excluding hydrogens is 499 g/mol. The van der Waals surface area contributed by atoms with Crippen molar-refractivity contribution in [1.82, 2.24) is 25.5 Å². The monoisotopic (exact) mass is 528 g/mol. The molecule has 3 heterocycles. The molecule has 12 heteroatoms. The third-order valence-corrected chi connectivity index (χ3v) is 6.99. The average Bonchev–Trinajstić information content (AvgIpc) is 3.29. The lowest BCUT2D eigenvalue weighted by molar-refractivity contribution is -0.123. The second-order valence-corrected chi connectivity index (χ2v) is 11.1. The van der Waals surface area contributed by atoms with Crippen molar-refractivity contribution < 1.29 is 23.8 Å². The van der Waals surface area contributed by atoms with Crippen LogP contribution >= 0.6 is 11.3 Å². The number of aromatic nitrogens is 4. The van der Waals surface area contributed by atoms with Crippen LogP contribution in [0.15, 0.2) is 30.6 Å². The zero-order valence-corrected chi connectivity index (χ0v) is 21.7. The topological polar surface area (TPSA) is 139 Å². The zero-order chi connectivity index (χ0) is 26.6. The average molecular weight is 529 g/mol. The minimum atomic E-state index is -0.702. The summed E-state index contributed by atoms with van der Waals surface area (Å²) >= 11 is 1.32. The Morgan fingerprint density at radius 1 is 1.24 bits per heavy atom. The van der Waals surface area contributed by atoms with Gasteiger partial charge in [-0.05, 0) is 58.2 Å². The van der Waals surface area contributed by atoms with Gasteiger partial charge in [-0.3, -0.25) is 15.1 Å². The van der Waals surface area contributed by atoms with Gasteiger partial charge in [0, 0.05) is 28.2 Å². The van der Waals surface area contributed by atoms with Crippen LogP contribution in [0.1, 0.15) is 56.2 Å². The number of halogens is 1. The number of carbonyl (C=O) groups is 2. The van der Waals surface area contributed by atoms with Crippen molar-refractivity contribution in [2.75, 3.05) is 11.9 Å². The molecule has 1 aliphatic rings. The lowest BCUT2D eigenvalue weighted by atomic mass is 9.63. The fraction of sp³-hybridized carbons (Fsp3) is 0.440. The molecule has 0 spiro atoms. The summed E-state index contributed by atoms with van der Waals surface area (Å²) in [7, 11) is 0. The molecule has 1 fully saturated rings. The normalized spacial score (nSPS) is 14.5. The molecule has 1 saturated carbocycles. The van der Waals surface area contributed by atoms with Crippen LogP contribution in [0.3, 0.4) is 0 Å². The number of ether oxygens (including phenoxy) is 1. The van der Waals surface area contributed by atoms with E-state index in [0.29, 0.717) is 28.4 Å². The molecule has 3 aromatic heterocycles. The Bertz CT molecular complexity index is 1290. The van der Waals surface area contributed by atoms with E-state index in [0.717, 1.165) is 24.1 Å². The van der Waals surface area contributed by atoms with E-state index in [1.807, 2.05) is 0 Å². The predicted octanol–water partition coefficient (Wildman–Crippen LogP) is 3.75. The molecular formula is C25H29FN6O4S. The number of aliphatic hydroxyl groups is 1. The quantitative estimate of drug-likeness (QED) is 0.402. The maximum atomic E-state index is 14.8. The Balaban J connectivity index is 1.66. The summed E-state index contributed by atoms with van der Waals surface area (Å²) in [5, 5.41) is 23.3. The first-order chi connectivity index (χ1) is 17.6. The Labute approximate surface area is 217 Å². The molecule has 196 valence electrons. The van der Waals surface area contributed by atoms with Gasteiger partial charge >= 0.3 is 6.09 Å². The summed E-state index contributed by atoms with van der Waals surface area (Å²) in [6, 6.07) is 4.76. The predicted molar refractivity (Wildman–Crippen MR) is 135 cm³/mol. The molecule has 0 atom stereocenters. The number of rotatable bonds is 8. The number of amides is 2. The Morgan fingerprint density at radius 2 is 2.03 bits per heavy atom. The third kappa shape index (κ3) is 6.44. The van der Waals surface area contributed by atoms with E-state index in [9.17, 15) is 14.0 Å². The van der Waals surface area contributed by atoms with Crippen LogP contribution in [-0.4, -0.2) is 49.5 Å². The van der Waals surface area contributed by atoms with Crippen molar-refractivity contribution in [2.24, 2.45) is 0 Å². The van der Waals surface area contributed by atoms with Gasteiger partial charge in [0.1, 0.15) is 28.7 Å². The van der Waals surface area contributed by atoms with Gasteiger partial charge in [-0.1, -0.05) is 6.42 Å². The zero-order valence-electron chi connectivity index (χ0n) is 20.9. The van der Waals surface area contributed by atoms with E-state index in [1.165, 1.54) is 17.4 Å². The highest BCUT2D eigenvalue weighted by atomic mass is 32.1. The maximum Gasteiger partial charge on any atom is 0.413 e. The van der Waals surface area contributed by atoms with Gasteiger partial charge in [0.25, 0.3) is 0 Å². The van der Waals surface area contributed by atoms with E-state index in [2.05, 4.69) is 30.8 Å². The van der Waals surface area contributed by atoms with E-state index >= 15 is 0 Å². The smallest absolute Gasteiger partial charge is 0.413 e. The van der Waals surface area contributed by atoms with Crippen molar-refractivity contribution in [3.05, 3.63) is 52.5 Å². The first-order valence-corrected chi connectivity index (χ1v) is 12.7. The summed E-state index contributed by atoms with van der Waals surface area (Å²) < 4.78 is 20.2. The molecule has 0 radical (unpaired) electrons. The molecule has 37 heavy (non-hydrogen) atoms. The van der Waals surface area contributed by atoms with Gasteiger partial charge in [-0.15, -0.1) is 21.5 Å². The standard InChI is InChI=1S/C25H29FN6O4S/c1-24(2,3)36-23(35)30-21-15(11-25(7-5-8-25)20-17(26)6-4-9-27-20)10-18(31-32-21)22-29-13-16(37-22)12-28-19(34)14-33/h4,6,9-10,13,33H,5,7-8,11-12,14H2,1-3H3,(H,28,34)(H,30,32,35). The van der Waals surface area contributed by atoms with Crippen LogP contribution in [-0.2, 0) is 27.9 Å². The SMILES string of the molecule is CC(C)(C)OC(=O)Nc1nnc(-c2ncc(CNC(=O)CO)s2)cc1CC1(c2ncccc2F)CCC1. The first kappa shape index (κ1) is 26.6. The van der Waals surface area contributed by atoms with Gasteiger partial charge in [0.15, 0.2) is 5.82 Å². The number of carbonyl (C=O) groups excluding carboxylic acids is 2. The molecule has 3 aromatic rings. The summed E-state index contributed by atoms with van der Waals surface area (Å²) in [5.41, 5.74) is 0.306. The lowest BCUT2D eigenvalue weighted by Gasteiger charge is -2.42. The Hall–Kier alpha value is -3.51. The molecule has 0 bridgehead atoms. The summed E-state index contributed by atoms with van der Waals surface area (Å²) in [6.45, 7) is 4.92. The third-order valence-electron chi connectivity index (χ3n) is 5.97. The Kier molecular flexibility index (Phi) is 7.79.